The van der Waals surface area contributed by atoms with Crippen LogP contribution in [0.25, 0.3) is 22.3 Å². The highest BCUT2D eigenvalue weighted by molar-refractivity contribution is 6.29. The Kier molecular flexibility index (Phi) is 5.67. The first-order valence-corrected chi connectivity index (χ1v) is 10.3. The molecule has 0 saturated carbocycles. The van der Waals surface area contributed by atoms with E-state index in [9.17, 15) is 9.59 Å². The molecule has 0 bridgehead atoms. The van der Waals surface area contributed by atoms with E-state index in [0.29, 0.717) is 33.5 Å². The maximum atomic E-state index is 13.2. The molecule has 1 atom stereocenters. The fraction of sp³-hybridized carbons (Fsp3) is 0.167. The van der Waals surface area contributed by atoms with Crippen molar-refractivity contribution < 1.29 is 9.21 Å². The van der Waals surface area contributed by atoms with Crippen LogP contribution in [0.5, 0.6) is 0 Å². The number of hydrogen-bond donors (Lipinski definition) is 2. The highest BCUT2D eigenvalue weighted by atomic mass is 35.5. The maximum Gasteiger partial charge on any atom is 0.269 e. The van der Waals surface area contributed by atoms with Gasteiger partial charge in [-0.1, -0.05) is 17.7 Å². The molecule has 3 N–H and O–H groups in total. The summed E-state index contributed by atoms with van der Waals surface area (Å²) in [4.78, 5) is 33.2. The third-order valence-electron chi connectivity index (χ3n) is 5.25. The summed E-state index contributed by atoms with van der Waals surface area (Å²) in [6.07, 6.45) is 3.32. The number of nitrogens with two attached hydrogens (primary N) is 1. The van der Waals surface area contributed by atoms with Gasteiger partial charge in [0.25, 0.3) is 5.91 Å². The number of aryl methyl sites for hydroxylation is 1. The topological polar surface area (TPSA) is 111 Å². The zero-order valence-corrected chi connectivity index (χ0v) is 18.5. The van der Waals surface area contributed by atoms with E-state index in [-0.39, 0.29) is 22.3 Å². The zero-order valence-electron chi connectivity index (χ0n) is 17.8. The number of anilines is 1. The second kappa shape index (κ2) is 8.43. The molecule has 4 aromatic rings. The van der Waals surface area contributed by atoms with E-state index in [2.05, 4.69) is 15.3 Å². The highest BCUT2D eigenvalue weighted by Gasteiger charge is 2.20. The predicted molar refractivity (Wildman–Crippen MR) is 125 cm³/mol. The van der Waals surface area contributed by atoms with Crippen molar-refractivity contribution in [2.75, 3.05) is 5.32 Å². The molecule has 4 rings (SSSR count). The van der Waals surface area contributed by atoms with Gasteiger partial charge in [0.15, 0.2) is 11.1 Å². The van der Waals surface area contributed by atoms with Gasteiger partial charge in [-0.05, 0) is 56.7 Å². The van der Waals surface area contributed by atoms with Crippen molar-refractivity contribution in [1.82, 2.24) is 9.97 Å². The van der Waals surface area contributed by atoms with Crippen molar-refractivity contribution in [1.29, 1.82) is 0 Å². The van der Waals surface area contributed by atoms with Gasteiger partial charge in [0.1, 0.15) is 16.5 Å². The first-order chi connectivity index (χ1) is 15.3. The van der Waals surface area contributed by atoms with Crippen LogP contribution in [0.15, 0.2) is 58.0 Å². The lowest BCUT2D eigenvalue weighted by atomic mass is 9.99. The summed E-state index contributed by atoms with van der Waals surface area (Å²) in [5.41, 5.74) is 9.20. The van der Waals surface area contributed by atoms with Crippen LogP contribution in [0.4, 0.5) is 5.69 Å². The van der Waals surface area contributed by atoms with E-state index >= 15 is 0 Å². The van der Waals surface area contributed by atoms with Crippen molar-refractivity contribution in [3.8, 4) is 11.3 Å². The molecule has 32 heavy (non-hydrogen) atoms. The van der Waals surface area contributed by atoms with E-state index in [0.717, 1.165) is 11.1 Å². The number of aromatic nitrogens is 2. The number of halogens is 1. The van der Waals surface area contributed by atoms with Gasteiger partial charge in [0, 0.05) is 29.1 Å². The van der Waals surface area contributed by atoms with Gasteiger partial charge in [-0.2, -0.15) is 0 Å². The van der Waals surface area contributed by atoms with Gasteiger partial charge in [-0.15, -0.1) is 0 Å². The van der Waals surface area contributed by atoms with Crippen molar-refractivity contribution in [3.05, 3.63) is 86.6 Å². The van der Waals surface area contributed by atoms with Crippen LogP contribution < -0.4 is 16.5 Å². The van der Waals surface area contributed by atoms with Gasteiger partial charge in [-0.3, -0.25) is 14.6 Å². The Bertz CT molecular complexity index is 1400. The Labute approximate surface area is 189 Å². The summed E-state index contributed by atoms with van der Waals surface area (Å²) >= 11 is 5.92. The average molecular weight is 449 g/mol. The summed E-state index contributed by atoms with van der Waals surface area (Å²) in [6.45, 7) is 5.56. The number of fused-ring (bicyclic) bond motifs is 1. The van der Waals surface area contributed by atoms with E-state index in [1.54, 1.807) is 37.5 Å². The van der Waals surface area contributed by atoms with E-state index in [4.69, 9.17) is 21.8 Å². The number of hydrogen-bond acceptors (Lipinski definition) is 6. The molecule has 3 heterocycles. The summed E-state index contributed by atoms with van der Waals surface area (Å²) in [6, 6.07) is 10.3. The van der Waals surface area contributed by atoms with Crippen LogP contribution in [-0.4, -0.2) is 15.9 Å². The molecule has 0 radical (unpaired) electrons. The Morgan fingerprint density at radius 3 is 2.69 bits per heavy atom. The van der Waals surface area contributed by atoms with Crippen molar-refractivity contribution in [3.63, 3.8) is 0 Å². The zero-order chi connectivity index (χ0) is 23.0. The lowest BCUT2D eigenvalue weighted by Gasteiger charge is -2.19. The molecular formula is C24H21ClN4O3. The minimum atomic E-state index is -0.697. The third kappa shape index (κ3) is 3.94. The lowest BCUT2D eigenvalue weighted by Crippen LogP contribution is -2.18. The summed E-state index contributed by atoms with van der Waals surface area (Å²) in [7, 11) is 0. The monoisotopic (exact) mass is 448 g/mol. The molecule has 7 nitrogen and oxygen atoms in total. The molecule has 1 aromatic carbocycles. The van der Waals surface area contributed by atoms with Crippen LogP contribution >= 0.6 is 11.6 Å². The molecule has 0 spiro atoms. The van der Waals surface area contributed by atoms with Crippen LogP contribution in [0, 0.1) is 13.8 Å². The van der Waals surface area contributed by atoms with Gasteiger partial charge >= 0.3 is 0 Å². The number of carbonyl (C=O) groups is 1. The number of carbonyl (C=O) groups excluding carboxylic acids is 1. The molecule has 0 aliphatic heterocycles. The average Bonchev–Trinajstić information content (AvgIpc) is 2.77. The molecule has 0 saturated heterocycles. The molecule has 0 fully saturated rings. The van der Waals surface area contributed by atoms with Gasteiger partial charge < -0.3 is 15.5 Å². The fourth-order valence-corrected chi connectivity index (χ4v) is 3.86. The molecule has 3 aromatic heterocycles. The Balaban J connectivity index is 1.88. The lowest BCUT2D eigenvalue weighted by molar-refractivity contribution is 0.0996. The summed E-state index contributed by atoms with van der Waals surface area (Å²) in [5, 5.41) is 3.91. The fourth-order valence-electron chi connectivity index (χ4n) is 3.71. The molecule has 1 unspecified atom stereocenters. The first kappa shape index (κ1) is 21.5. The standard InChI is InChI=1S/C24H21ClN4O3/c1-12-9-16(14(3)28-18-6-7-19(25)29-20(18)24(26)31)23-17(10-12)21(30)13(2)22(32-23)15-5-4-8-27-11-15/h4-11,14,28H,1-3H3,(H2,26,31). The Hall–Kier alpha value is -3.71. The highest BCUT2D eigenvalue weighted by Crippen LogP contribution is 2.32. The molecule has 162 valence electrons. The normalized spacial score (nSPS) is 12.0. The molecule has 1 amide bonds. The van der Waals surface area contributed by atoms with Crippen LogP contribution in [0.3, 0.4) is 0 Å². The molecule has 0 aliphatic rings. The number of nitrogens with one attached hydrogen (secondary N) is 1. The summed E-state index contributed by atoms with van der Waals surface area (Å²) in [5.74, 6) is -0.226. The van der Waals surface area contributed by atoms with Crippen LogP contribution in [0.1, 0.15) is 40.1 Å². The number of amides is 1. The van der Waals surface area contributed by atoms with Gasteiger partial charge in [0.05, 0.1) is 17.1 Å². The quantitative estimate of drug-likeness (QED) is 0.424. The largest absolute Gasteiger partial charge is 0.455 e. The SMILES string of the molecule is Cc1cc(C(C)Nc2ccc(Cl)nc2C(N)=O)c2oc(-c3cccnc3)c(C)c(=O)c2c1. The van der Waals surface area contributed by atoms with Crippen molar-refractivity contribution in [2.24, 2.45) is 5.73 Å². The van der Waals surface area contributed by atoms with E-state index in [1.807, 2.05) is 32.0 Å². The Morgan fingerprint density at radius 2 is 2.00 bits per heavy atom. The smallest absolute Gasteiger partial charge is 0.269 e. The second-order valence-electron chi connectivity index (χ2n) is 7.62. The van der Waals surface area contributed by atoms with Crippen molar-refractivity contribution >= 4 is 34.2 Å². The number of pyridine rings is 2. The Morgan fingerprint density at radius 1 is 1.22 bits per heavy atom. The van der Waals surface area contributed by atoms with Gasteiger partial charge in [-0.25, -0.2) is 4.98 Å². The number of benzene rings is 1. The minimum Gasteiger partial charge on any atom is -0.455 e. The molecular weight excluding hydrogens is 428 g/mol. The third-order valence-corrected chi connectivity index (χ3v) is 5.46. The van der Waals surface area contributed by atoms with Crippen LogP contribution in [-0.2, 0) is 0 Å². The molecule has 8 heteroatoms. The number of nitrogens with zero attached hydrogens (tertiary/aromatic N) is 2. The van der Waals surface area contributed by atoms with E-state index < -0.39 is 5.91 Å². The first-order valence-electron chi connectivity index (χ1n) is 9.97. The van der Waals surface area contributed by atoms with Crippen molar-refractivity contribution in [2.45, 2.75) is 26.8 Å². The predicted octanol–water partition coefficient (Wildman–Crippen LogP) is 4.79. The molecule has 0 aliphatic carbocycles. The van der Waals surface area contributed by atoms with E-state index in [1.165, 1.54) is 0 Å². The number of rotatable bonds is 5. The van der Waals surface area contributed by atoms with Gasteiger partial charge in [0.2, 0.25) is 0 Å². The summed E-state index contributed by atoms with van der Waals surface area (Å²) < 4.78 is 6.29. The van der Waals surface area contributed by atoms with Crippen LogP contribution in [0.2, 0.25) is 5.15 Å². The minimum absolute atomic E-state index is 0.0367. The number of primary amides is 1. The maximum absolute atomic E-state index is 13.2. The second-order valence-corrected chi connectivity index (χ2v) is 8.01.